The third-order valence-corrected chi connectivity index (χ3v) is 2.20. The first-order chi connectivity index (χ1) is 10.1. The van der Waals surface area contributed by atoms with Crippen molar-refractivity contribution in [1.82, 2.24) is 15.0 Å². The van der Waals surface area contributed by atoms with Crippen LogP contribution in [0.2, 0.25) is 0 Å². The topological polar surface area (TPSA) is 138 Å². The number of pyridine rings is 1. The smallest absolute Gasteiger partial charge is 0.449 e. The molecule has 1 amide bonds. The third kappa shape index (κ3) is 3.48. The minimum Gasteiger partial charge on any atom is -0.449 e. The number of carbonyl (C=O) groups is 2. The molecule has 0 aliphatic carbocycles. The molecule has 0 saturated heterocycles. The van der Waals surface area contributed by atoms with Crippen molar-refractivity contribution in [2.24, 2.45) is 0 Å². The van der Waals surface area contributed by atoms with E-state index in [-0.39, 0.29) is 11.5 Å². The number of ether oxygens (including phenoxy) is 1. The summed E-state index contributed by atoms with van der Waals surface area (Å²) in [7, 11) is 0. The summed E-state index contributed by atoms with van der Waals surface area (Å²) in [5.74, 6) is -1.00. The highest BCUT2D eigenvalue weighted by Gasteiger charge is 2.18. The summed E-state index contributed by atoms with van der Waals surface area (Å²) < 4.78 is 4.36. The molecule has 0 atom stereocenters. The van der Waals surface area contributed by atoms with Crippen molar-refractivity contribution in [3.05, 3.63) is 42.0 Å². The molecule has 21 heavy (non-hydrogen) atoms. The molecule has 0 unspecified atom stereocenters. The Bertz CT molecular complexity index is 723. The molecule has 2 N–H and O–H groups in total. The zero-order valence-electron chi connectivity index (χ0n) is 10.3. The molecule has 0 aromatic carbocycles. The highest BCUT2D eigenvalue weighted by atomic mass is 16.7. The second kappa shape index (κ2) is 6.07. The highest BCUT2D eigenvalue weighted by molar-refractivity contribution is 6.04. The quantitative estimate of drug-likeness (QED) is 0.798. The average molecular weight is 285 g/mol. The molecule has 9 heteroatoms. The van der Waals surface area contributed by atoms with E-state index >= 15 is 0 Å². The van der Waals surface area contributed by atoms with Crippen LogP contribution in [0.15, 0.2) is 30.7 Å². The Hall–Kier alpha value is -3.54. The Kier molecular flexibility index (Phi) is 4.01. The predicted octanol–water partition coefficient (Wildman–Crippen LogP) is 1.05. The Morgan fingerprint density at radius 2 is 2.00 bits per heavy atom. The molecule has 0 saturated carbocycles. The minimum absolute atomic E-state index is 0.172. The standard InChI is InChI=1S/C12H7N5O4/c13-5-7-1-2-8(16-6-7)17-10(18)9-11(21-12(19)20)15-4-3-14-9/h1-4,6H,(H,19,20)(H,16,17,18). The molecule has 104 valence electrons. The summed E-state index contributed by atoms with van der Waals surface area (Å²) in [6.07, 6.45) is 2.08. The zero-order chi connectivity index (χ0) is 15.2. The van der Waals surface area contributed by atoms with Gasteiger partial charge in [0, 0.05) is 18.6 Å². The van der Waals surface area contributed by atoms with Crippen molar-refractivity contribution in [3.8, 4) is 11.9 Å². The Morgan fingerprint density at radius 3 is 2.62 bits per heavy atom. The Balaban J connectivity index is 2.20. The largest absolute Gasteiger partial charge is 0.512 e. The molecule has 0 radical (unpaired) electrons. The van der Waals surface area contributed by atoms with Gasteiger partial charge in [-0.2, -0.15) is 5.26 Å². The number of hydrogen-bond donors (Lipinski definition) is 2. The van der Waals surface area contributed by atoms with Crippen molar-refractivity contribution in [2.75, 3.05) is 5.32 Å². The minimum atomic E-state index is -1.61. The molecule has 0 bridgehead atoms. The number of nitriles is 1. The Morgan fingerprint density at radius 1 is 1.24 bits per heavy atom. The van der Waals surface area contributed by atoms with Gasteiger partial charge in [0.05, 0.1) is 5.56 Å². The second-order valence-electron chi connectivity index (χ2n) is 3.58. The van der Waals surface area contributed by atoms with E-state index in [1.165, 1.54) is 30.7 Å². The van der Waals surface area contributed by atoms with Crippen LogP contribution in [0.25, 0.3) is 0 Å². The van der Waals surface area contributed by atoms with Gasteiger partial charge in [-0.3, -0.25) is 4.79 Å². The fourth-order valence-corrected chi connectivity index (χ4v) is 1.35. The molecule has 0 spiro atoms. The second-order valence-corrected chi connectivity index (χ2v) is 3.58. The molecular formula is C12H7N5O4. The van der Waals surface area contributed by atoms with Gasteiger partial charge < -0.3 is 15.2 Å². The van der Waals surface area contributed by atoms with Gasteiger partial charge in [0.2, 0.25) is 0 Å². The number of aromatic nitrogens is 3. The number of nitrogens with one attached hydrogen (secondary N) is 1. The molecule has 0 fully saturated rings. The third-order valence-electron chi connectivity index (χ3n) is 2.20. The van der Waals surface area contributed by atoms with E-state index in [1.807, 2.05) is 6.07 Å². The van der Waals surface area contributed by atoms with Gasteiger partial charge in [-0.25, -0.2) is 19.7 Å². The van der Waals surface area contributed by atoms with Crippen LogP contribution < -0.4 is 10.1 Å². The van der Waals surface area contributed by atoms with Crippen molar-refractivity contribution in [1.29, 1.82) is 5.26 Å². The molecule has 2 rings (SSSR count). The van der Waals surface area contributed by atoms with Crippen molar-refractivity contribution >= 4 is 17.9 Å². The van der Waals surface area contributed by atoms with Crippen LogP contribution >= 0.6 is 0 Å². The van der Waals surface area contributed by atoms with Crippen molar-refractivity contribution in [2.45, 2.75) is 0 Å². The summed E-state index contributed by atoms with van der Waals surface area (Å²) >= 11 is 0. The lowest BCUT2D eigenvalue weighted by molar-refractivity contribution is 0.101. The number of anilines is 1. The Labute approximate surface area is 117 Å². The first-order valence-corrected chi connectivity index (χ1v) is 5.49. The van der Waals surface area contributed by atoms with Gasteiger partial charge in [-0.1, -0.05) is 0 Å². The SMILES string of the molecule is N#Cc1ccc(NC(=O)c2nccnc2OC(=O)O)nc1. The van der Waals surface area contributed by atoms with Gasteiger partial charge in [0.1, 0.15) is 11.9 Å². The first-order valence-electron chi connectivity index (χ1n) is 5.49. The lowest BCUT2D eigenvalue weighted by atomic mass is 10.3. The van der Waals surface area contributed by atoms with Crippen LogP contribution in [0.3, 0.4) is 0 Å². The van der Waals surface area contributed by atoms with Gasteiger partial charge in [0.25, 0.3) is 11.8 Å². The van der Waals surface area contributed by atoms with Gasteiger partial charge in [-0.05, 0) is 12.1 Å². The maximum Gasteiger partial charge on any atom is 0.512 e. The molecule has 0 aliphatic heterocycles. The zero-order valence-corrected chi connectivity index (χ0v) is 10.3. The maximum atomic E-state index is 12.0. The number of nitrogens with zero attached hydrogens (tertiary/aromatic N) is 4. The van der Waals surface area contributed by atoms with Crippen LogP contribution in [-0.2, 0) is 0 Å². The lowest BCUT2D eigenvalue weighted by Gasteiger charge is -2.06. The molecule has 2 aromatic rings. The summed E-state index contributed by atoms with van der Waals surface area (Å²) in [5, 5.41) is 19.6. The molecule has 2 aromatic heterocycles. The van der Waals surface area contributed by atoms with Gasteiger partial charge in [0.15, 0.2) is 5.69 Å². The summed E-state index contributed by atoms with van der Waals surface area (Å²) in [6.45, 7) is 0. The fraction of sp³-hybridized carbons (Fsp3) is 0. The van der Waals surface area contributed by atoms with E-state index < -0.39 is 17.9 Å². The van der Waals surface area contributed by atoms with E-state index in [1.54, 1.807) is 0 Å². The van der Waals surface area contributed by atoms with Gasteiger partial charge in [-0.15, -0.1) is 0 Å². The predicted molar refractivity (Wildman–Crippen MR) is 67.6 cm³/mol. The molecule has 9 nitrogen and oxygen atoms in total. The average Bonchev–Trinajstić information content (AvgIpc) is 2.48. The van der Waals surface area contributed by atoms with E-state index in [0.717, 1.165) is 0 Å². The molecular weight excluding hydrogens is 278 g/mol. The summed E-state index contributed by atoms with van der Waals surface area (Å²) in [5.41, 5.74) is 0.0356. The van der Waals surface area contributed by atoms with Gasteiger partial charge >= 0.3 is 6.16 Å². The summed E-state index contributed by atoms with van der Waals surface area (Å²) in [4.78, 5) is 33.7. The van der Waals surface area contributed by atoms with Crippen LogP contribution in [0, 0.1) is 11.3 Å². The van der Waals surface area contributed by atoms with Crippen molar-refractivity contribution < 1.29 is 19.4 Å². The molecule has 0 aliphatic rings. The number of amides is 1. The van der Waals surface area contributed by atoms with E-state index in [9.17, 15) is 9.59 Å². The van der Waals surface area contributed by atoms with Crippen LogP contribution in [0.1, 0.15) is 16.1 Å². The maximum absolute atomic E-state index is 12.0. The van der Waals surface area contributed by atoms with Crippen LogP contribution in [0.4, 0.5) is 10.6 Å². The van der Waals surface area contributed by atoms with Crippen molar-refractivity contribution in [3.63, 3.8) is 0 Å². The normalized spacial score (nSPS) is 9.48. The first kappa shape index (κ1) is 13.9. The van der Waals surface area contributed by atoms with Crippen LogP contribution in [0.5, 0.6) is 5.88 Å². The fourth-order valence-electron chi connectivity index (χ4n) is 1.35. The molecule has 2 heterocycles. The monoisotopic (exact) mass is 285 g/mol. The van der Waals surface area contributed by atoms with E-state index in [4.69, 9.17) is 10.4 Å². The highest BCUT2D eigenvalue weighted by Crippen LogP contribution is 2.14. The number of carbonyl (C=O) groups excluding carboxylic acids is 1. The van der Waals surface area contributed by atoms with E-state index in [0.29, 0.717) is 5.56 Å². The number of rotatable bonds is 3. The number of hydrogen-bond acceptors (Lipinski definition) is 7. The summed E-state index contributed by atoms with van der Waals surface area (Å²) in [6, 6.07) is 4.77. The van der Waals surface area contributed by atoms with E-state index in [2.05, 4.69) is 25.0 Å². The number of carboxylic acid groups (broad SMARTS) is 1. The lowest BCUT2D eigenvalue weighted by Crippen LogP contribution is -2.18. The van der Waals surface area contributed by atoms with Crippen LogP contribution in [-0.4, -0.2) is 32.1 Å².